The van der Waals surface area contributed by atoms with Crippen LogP contribution in [0, 0.1) is 13.8 Å². The molecule has 1 saturated heterocycles. The molecule has 1 atom stereocenters. The number of nitrogens with zero attached hydrogens (tertiary/aromatic N) is 3. The summed E-state index contributed by atoms with van der Waals surface area (Å²) in [5.74, 6) is -0.410. The summed E-state index contributed by atoms with van der Waals surface area (Å²) in [5, 5.41) is 6.01. The van der Waals surface area contributed by atoms with Crippen molar-refractivity contribution in [2.45, 2.75) is 19.9 Å². The van der Waals surface area contributed by atoms with Crippen molar-refractivity contribution in [3.63, 3.8) is 0 Å². The molecule has 0 radical (unpaired) electrons. The van der Waals surface area contributed by atoms with Crippen molar-refractivity contribution in [2.24, 2.45) is 0 Å². The monoisotopic (exact) mass is 339 g/mol. The molecule has 130 valence electrons. The van der Waals surface area contributed by atoms with Gasteiger partial charge in [0.2, 0.25) is 5.91 Å². The Morgan fingerprint density at radius 2 is 2.08 bits per heavy atom. The summed E-state index contributed by atoms with van der Waals surface area (Å²) >= 11 is 0. The highest BCUT2D eigenvalue weighted by Crippen LogP contribution is 2.14. The molecule has 0 aliphatic carbocycles. The maximum Gasteiger partial charge on any atom is 0.256 e. The van der Waals surface area contributed by atoms with Crippen LogP contribution in [0.1, 0.15) is 21.6 Å². The lowest BCUT2D eigenvalue weighted by atomic mass is 10.1. The maximum atomic E-state index is 12.8. The van der Waals surface area contributed by atoms with Crippen LogP contribution < -0.4 is 10.6 Å². The van der Waals surface area contributed by atoms with Crippen molar-refractivity contribution in [3.05, 3.63) is 53.6 Å². The first-order valence-electron chi connectivity index (χ1n) is 8.21. The number of aromatic nitrogens is 2. The van der Waals surface area contributed by atoms with Gasteiger partial charge in [-0.3, -0.25) is 19.6 Å². The predicted octanol–water partition coefficient (Wildman–Crippen LogP) is 1.15. The van der Waals surface area contributed by atoms with Crippen LogP contribution in [0.25, 0.3) is 0 Å². The van der Waals surface area contributed by atoms with Gasteiger partial charge in [0.25, 0.3) is 5.91 Å². The summed E-state index contributed by atoms with van der Waals surface area (Å²) in [7, 11) is 0. The Kier molecular flexibility index (Phi) is 5.04. The Balaban J connectivity index is 1.77. The van der Waals surface area contributed by atoms with E-state index < -0.39 is 6.04 Å². The summed E-state index contributed by atoms with van der Waals surface area (Å²) in [6, 6.07) is 4.84. The van der Waals surface area contributed by atoms with Gasteiger partial charge in [-0.15, -0.1) is 0 Å². The molecule has 0 unspecified atom stereocenters. The van der Waals surface area contributed by atoms with E-state index in [1.54, 1.807) is 29.4 Å². The van der Waals surface area contributed by atoms with E-state index in [4.69, 9.17) is 0 Å². The number of aryl methyl sites for hydroxylation is 2. The van der Waals surface area contributed by atoms with Gasteiger partial charge in [-0.1, -0.05) is 0 Å². The Hall–Kier alpha value is -2.80. The molecule has 1 aliphatic rings. The molecule has 7 heteroatoms. The molecule has 1 fully saturated rings. The number of amides is 2. The molecule has 2 amide bonds. The first-order valence-corrected chi connectivity index (χ1v) is 8.21. The van der Waals surface area contributed by atoms with Gasteiger partial charge < -0.3 is 15.5 Å². The second kappa shape index (κ2) is 7.40. The van der Waals surface area contributed by atoms with Crippen molar-refractivity contribution in [2.75, 3.05) is 25.0 Å². The number of pyridine rings is 2. The van der Waals surface area contributed by atoms with Crippen LogP contribution in [0.3, 0.4) is 0 Å². The van der Waals surface area contributed by atoms with Crippen molar-refractivity contribution in [1.82, 2.24) is 20.2 Å². The molecule has 3 heterocycles. The minimum absolute atomic E-state index is 0.181. The highest BCUT2D eigenvalue weighted by molar-refractivity contribution is 6.01. The number of rotatable bonds is 3. The number of piperazine rings is 1. The topological polar surface area (TPSA) is 87.2 Å². The molecule has 25 heavy (non-hydrogen) atoms. The molecular formula is C18H21N5O2. The zero-order valence-corrected chi connectivity index (χ0v) is 14.3. The molecule has 1 aliphatic heterocycles. The van der Waals surface area contributed by atoms with Crippen LogP contribution in [-0.4, -0.2) is 52.4 Å². The van der Waals surface area contributed by atoms with E-state index in [9.17, 15) is 9.59 Å². The summed E-state index contributed by atoms with van der Waals surface area (Å²) in [6.45, 7) is 5.30. The molecule has 0 saturated carbocycles. The highest BCUT2D eigenvalue weighted by Gasteiger charge is 2.32. The molecule has 0 bridgehead atoms. The average Bonchev–Trinajstić information content (AvgIpc) is 2.63. The third-order valence-corrected chi connectivity index (χ3v) is 4.11. The van der Waals surface area contributed by atoms with Gasteiger partial charge in [0.1, 0.15) is 6.04 Å². The molecule has 7 nitrogen and oxygen atoms in total. The Morgan fingerprint density at radius 3 is 2.80 bits per heavy atom. The number of hydrogen-bond acceptors (Lipinski definition) is 5. The van der Waals surface area contributed by atoms with E-state index in [0.29, 0.717) is 30.9 Å². The molecule has 3 rings (SSSR count). The summed E-state index contributed by atoms with van der Waals surface area (Å²) in [4.78, 5) is 35.4. The number of hydrogen-bond donors (Lipinski definition) is 2. The van der Waals surface area contributed by atoms with Gasteiger partial charge >= 0.3 is 0 Å². The minimum atomic E-state index is -0.580. The number of carbonyl (C=O) groups is 2. The smallest absolute Gasteiger partial charge is 0.256 e. The lowest BCUT2D eigenvalue weighted by Gasteiger charge is -2.35. The summed E-state index contributed by atoms with van der Waals surface area (Å²) in [5.41, 5.74) is 2.90. The Bertz CT molecular complexity index is 775. The zero-order valence-electron chi connectivity index (χ0n) is 14.3. The SMILES string of the molecule is Cc1cncc(C(=O)N2CCNC[C@@H]2C(=O)Nc2ccc(C)nc2)c1. The first kappa shape index (κ1) is 17.0. The van der Waals surface area contributed by atoms with Crippen molar-refractivity contribution in [1.29, 1.82) is 0 Å². The summed E-state index contributed by atoms with van der Waals surface area (Å²) < 4.78 is 0. The minimum Gasteiger partial charge on any atom is -0.324 e. The normalized spacial score (nSPS) is 17.2. The van der Waals surface area contributed by atoms with Crippen LogP contribution in [0.4, 0.5) is 5.69 Å². The molecule has 2 aromatic heterocycles. The number of nitrogens with one attached hydrogen (secondary N) is 2. The predicted molar refractivity (Wildman–Crippen MR) is 94.3 cm³/mol. The van der Waals surface area contributed by atoms with Crippen molar-refractivity contribution in [3.8, 4) is 0 Å². The van der Waals surface area contributed by atoms with Crippen molar-refractivity contribution < 1.29 is 9.59 Å². The fourth-order valence-corrected chi connectivity index (χ4v) is 2.79. The first-order chi connectivity index (χ1) is 12.0. The second-order valence-electron chi connectivity index (χ2n) is 6.15. The molecular weight excluding hydrogens is 318 g/mol. The molecule has 0 spiro atoms. The molecule has 2 aromatic rings. The second-order valence-corrected chi connectivity index (χ2v) is 6.15. The van der Waals surface area contributed by atoms with Crippen LogP contribution in [0.15, 0.2) is 36.8 Å². The van der Waals surface area contributed by atoms with E-state index in [1.165, 1.54) is 6.20 Å². The van der Waals surface area contributed by atoms with E-state index in [0.717, 1.165) is 11.3 Å². The van der Waals surface area contributed by atoms with Gasteiger partial charge in [0, 0.05) is 37.7 Å². The van der Waals surface area contributed by atoms with E-state index >= 15 is 0 Å². The largest absolute Gasteiger partial charge is 0.324 e. The van der Waals surface area contributed by atoms with Crippen LogP contribution in [0.2, 0.25) is 0 Å². The summed E-state index contributed by atoms with van der Waals surface area (Å²) in [6.07, 6.45) is 4.85. The van der Waals surface area contributed by atoms with Gasteiger partial charge in [-0.05, 0) is 37.6 Å². The third kappa shape index (κ3) is 4.00. The number of anilines is 1. The van der Waals surface area contributed by atoms with Gasteiger partial charge in [-0.25, -0.2) is 0 Å². The highest BCUT2D eigenvalue weighted by atomic mass is 16.2. The molecule has 0 aromatic carbocycles. The van der Waals surface area contributed by atoms with Crippen LogP contribution in [-0.2, 0) is 4.79 Å². The number of carbonyl (C=O) groups excluding carboxylic acids is 2. The third-order valence-electron chi connectivity index (χ3n) is 4.11. The lowest BCUT2D eigenvalue weighted by Crippen LogP contribution is -2.58. The fraction of sp³-hybridized carbons (Fsp3) is 0.333. The van der Waals surface area contributed by atoms with Crippen LogP contribution >= 0.6 is 0 Å². The lowest BCUT2D eigenvalue weighted by molar-refractivity contribution is -0.121. The Morgan fingerprint density at radius 1 is 1.24 bits per heavy atom. The van der Waals surface area contributed by atoms with Gasteiger partial charge in [0.15, 0.2) is 0 Å². The van der Waals surface area contributed by atoms with Gasteiger partial charge in [-0.2, -0.15) is 0 Å². The van der Waals surface area contributed by atoms with E-state index in [2.05, 4.69) is 20.6 Å². The average molecular weight is 339 g/mol. The Labute approximate surface area is 146 Å². The zero-order chi connectivity index (χ0) is 17.8. The fourth-order valence-electron chi connectivity index (χ4n) is 2.79. The quantitative estimate of drug-likeness (QED) is 0.876. The van der Waals surface area contributed by atoms with Crippen molar-refractivity contribution >= 4 is 17.5 Å². The standard InChI is InChI=1S/C18H21N5O2/c1-12-7-14(9-20-8-12)18(25)23-6-5-19-11-16(23)17(24)22-15-4-3-13(2)21-10-15/h3-4,7-10,16,19H,5-6,11H2,1-2H3,(H,22,24)/t16-/m1/s1. The maximum absolute atomic E-state index is 12.8. The molecule has 2 N–H and O–H groups in total. The van der Waals surface area contributed by atoms with Gasteiger partial charge in [0.05, 0.1) is 17.4 Å². The van der Waals surface area contributed by atoms with E-state index in [1.807, 2.05) is 19.9 Å². The van der Waals surface area contributed by atoms with Crippen LogP contribution in [0.5, 0.6) is 0 Å². The van der Waals surface area contributed by atoms with E-state index in [-0.39, 0.29) is 11.8 Å².